The van der Waals surface area contributed by atoms with E-state index >= 15 is 0 Å². The zero-order valence-electron chi connectivity index (χ0n) is 21.7. The molecule has 7 rings (SSSR count). The van der Waals surface area contributed by atoms with Crippen molar-refractivity contribution in [3.05, 3.63) is 106 Å². The van der Waals surface area contributed by atoms with E-state index in [2.05, 4.69) is 104 Å². The number of benzene rings is 4. The van der Waals surface area contributed by atoms with Crippen molar-refractivity contribution in [1.29, 1.82) is 0 Å². The number of thiophene rings is 1. The third kappa shape index (κ3) is 4.96. The van der Waals surface area contributed by atoms with Crippen molar-refractivity contribution in [2.24, 2.45) is 0 Å². The first-order valence-electron chi connectivity index (χ1n) is 13.5. The first-order chi connectivity index (χ1) is 19.3. The number of hydrogen-bond acceptors (Lipinski definition) is 6. The first-order valence-corrected chi connectivity index (χ1v) is 15.2. The van der Waals surface area contributed by atoms with E-state index < -0.39 is 0 Å². The lowest BCUT2D eigenvalue weighted by molar-refractivity contribution is 0.291. The highest BCUT2D eigenvalue weighted by Crippen LogP contribution is 2.34. The Morgan fingerprint density at radius 2 is 1.64 bits per heavy atom. The molecule has 0 atom stereocenters. The van der Waals surface area contributed by atoms with Crippen molar-refractivity contribution < 1.29 is 4.74 Å². The van der Waals surface area contributed by atoms with E-state index in [-0.39, 0.29) is 0 Å². The standard InChI is InChI=1S/C33H29N3OS2/c1-2-12-27-23(7-1)14-15-31-29-13-3-8-24(28(29)16-17-30(27)31)21-36-18-4-9-25(22-36)32-33(35-39-34-32)37-19-5-10-26-11-6-20-38-26/h1-3,6-9,11-17,20H,4-5,10,18-19,21-22H2. The molecule has 6 aromatic rings. The van der Waals surface area contributed by atoms with E-state index in [0.29, 0.717) is 12.5 Å². The number of nitrogens with zero attached hydrogens (tertiary/aromatic N) is 3. The largest absolute Gasteiger partial charge is 0.475 e. The lowest BCUT2D eigenvalue weighted by Crippen LogP contribution is -2.29. The van der Waals surface area contributed by atoms with E-state index in [1.165, 1.54) is 60.1 Å². The van der Waals surface area contributed by atoms with E-state index in [4.69, 9.17) is 4.74 Å². The molecule has 194 valence electrons. The average Bonchev–Trinajstić information content (AvgIpc) is 3.68. The topological polar surface area (TPSA) is 38.3 Å². The predicted molar refractivity (Wildman–Crippen MR) is 165 cm³/mol. The van der Waals surface area contributed by atoms with E-state index in [1.54, 1.807) is 11.3 Å². The molecule has 6 heteroatoms. The van der Waals surface area contributed by atoms with Crippen molar-refractivity contribution in [1.82, 2.24) is 13.6 Å². The lowest BCUT2D eigenvalue weighted by atomic mass is 9.94. The van der Waals surface area contributed by atoms with Crippen LogP contribution in [0.15, 0.2) is 90.3 Å². The molecule has 0 unspecified atom stereocenters. The van der Waals surface area contributed by atoms with Gasteiger partial charge in [0, 0.05) is 24.5 Å². The smallest absolute Gasteiger partial charge is 0.253 e. The molecule has 4 nitrogen and oxygen atoms in total. The molecule has 39 heavy (non-hydrogen) atoms. The average molecular weight is 548 g/mol. The molecule has 0 bridgehead atoms. The molecule has 1 aliphatic heterocycles. The second-order valence-corrected chi connectivity index (χ2v) is 11.7. The first kappa shape index (κ1) is 24.5. The molecular weight excluding hydrogens is 519 g/mol. The predicted octanol–water partition coefficient (Wildman–Crippen LogP) is 8.36. The summed E-state index contributed by atoms with van der Waals surface area (Å²) in [6.07, 6.45) is 5.34. The molecule has 4 aromatic carbocycles. The highest BCUT2D eigenvalue weighted by Gasteiger charge is 2.21. The number of rotatable bonds is 8. The molecule has 0 aliphatic carbocycles. The summed E-state index contributed by atoms with van der Waals surface area (Å²) in [4.78, 5) is 3.92. The van der Waals surface area contributed by atoms with Crippen molar-refractivity contribution >= 4 is 61.0 Å². The van der Waals surface area contributed by atoms with Gasteiger partial charge in [0.15, 0.2) is 0 Å². The van der Waals surface area contributed by atoms with Crippen molar-refractivity contribution in [2.75, 3.05) is 19.7 Å². The van der Waals surface area contributed by atoms with Crippen LogP contribution in [0.2, 0.25) is 0 Å². The minimum Gasteiger partial charge on any atom is -0.475 e. The van der Waals surface area contributed by atoms with Gasteiger partial charge < -0.3 is 4.74 Å². The maximum absolute atomic E-state index is 6.09. The van der Waals surface area contributed by atoms with Crippen LogP contribution in [-0.2, 0) is 13.0 Å². The number of ether oxygens (including phenoxy) is 1. The van der Waals surface area contributed by atoms with Gasteiger partial charge in [-0.2, -0.15) is 4.37 Å². The van der Waals surface area contributed by atoms with Crippen molar-refractivity contribution in [3.63, 3.8) is 0 Å². The molecular formula is C33H29N3OS2. The summed E-state index contributed by atoms with van der Waals surface area (Å²) >= 11 is 3.04. The van der Waals surface area contributed by atoms with Crippen LogP contribution in [0.3, 0.4) is 0 Å². The Morgan fingerprint density at radius 1 is 0.795 bits per heavy atom. The van der Waals surface area contributed by atoms with E-state index in [0.717, 1.165) is 44.6 Å². The summed E-state index contributed by atoms with van der Waals surface area (Å²) in [5.41, 5.74) is 3.50. The minimum atomic E-state index is 0.659. The molecule has 2 aromatic heterocycles. The molecule has 1 aliphatic rings. The van der Waals surface area contributed by atoms with Gasteiger partial charge in [0.25, 0.3) is 5.88 Å². The van der Waals surface area contributed by atoms with Gasteiger partial charge in [0.2, 0.25) is 0 Å². The number of aromatic nitrogens is 2. The molecule has 0 saturated heterocycles. The number of fused-ring (bicyclic) bond motifs is 5. The maximum atomic E-state index is 6.09. The third-order valence-corrected chi connectivity index (χ3v) is 9.09. The quantitative estimate of drug-likeness (QED) is 0.142. The highest BCUT2D eigenvalue weighted by atomic mass is 32.1. The van der Waals surface area contributed by atoms with Crippen LogP contribution in [-0.4, -0.2) is 33.3 Å². The van der Waals surface area contributed by atoms with Gasteiger partial charge in [-0.05, 0) is 74.2 Å². The molecule has 0 spiro atoms. The molecule has 0 radical (unpaired) electrons. The molecule has 0 N–H and O–H groups in total. The summed E-state index contributed by atoms with van der Waals surface area (Å²) in [7, 11) is 0. The van der Waals surface area contributed by atoms with Gasteiger partial charge in [0.1, 0.15) is 5.69 Å². The Balaban J connectivity index is 1.09. The SMILES string of the molecule is C1=C(c2nsnc2OCCCc2cccs2)CN(Cc2cccc3c2ccc2c4ccccc4ccc32)CC1. The second kappa shape index (κ2) is 10.9. The van der Waals surface area contributed by atoms with Crippen molar-refractivity contribution in [2.45, 2.75) is 25.8 Å². The highest BCUT2D eigenvalue weighted by molar-refractivity contribution is 7.09. The van der Waals surface area contributed by atoms with Gasteiger partial charge in [-0.1, -0.05) is 78.9 Å². The Kier molecular flexibility index (Phi) is 6.83. The van der Waals surface area contributed by atoms with Gasteiger partial charge >= 0.3 is 0 Å². The monoisotopic (exact) mass is 547 g/mol. The Hall–Kier alpha value is -3.58. The van der Waals surface area contributed by atoms with E-state index in [9.17, 15) is 0 Å². The van der Waals surface area contributed by atoms with Crippen LogP contribution < -0.4 is 4.74 Å². The lowest BCUT2D eigenvalue weighted by Gasteiger charge is -2.27. The fourth-order valence-corrected chi connectivity index (χ4v) is 7.04. The fraction of sp³-hybridized carbons (Fsp3) is 0.212. The number of aryl methyl sites for hydroxylation is 1. The summed E-state index contributed by atoms with van der Waals surface area (Å²) in [5, 5.41) is 10.0. The molecule has 3 heterocycles. The summed E-state index contributed by atoms with van der Waals surface area (Å²) in [6, 6.07) is 28.8. The van der Waals surface area contributed by atoms with Crippen LogP contribution in [0.1, 0.15) is 29.0 Å². The number of hydrogen-bond donors (Lipinski definition) is 0. The van der Waals surface area contributed by atoms with Crippen LogP contribution in [0.5, 0.6) is 5.88 Å². The normalized spacial score (nSPS) is 14.3. The zero-order chi connectivity index (χ0) is 26.0. The Morgan fingerprint density at radius 3 is 2.59 bits per heavy atom. The Labute approximate surface area is 236 Å². The van der Waals surface area contributed by atoms with Crippen LogP contribution in [0.4, 0.5) is 0 Å². The fourth-order valence-electron chi connectivity index (χ4n) is 5.75. The van der Waals surface area contributed by atoms with Crippen LogP contribution >= 0.6 is 23.1 Å². The third-order valence-electron chi connectivity index (χ3n) is 7.65. The van der Waals surface area contributed by atoms with Gasteiger partial charge in [-0.25, -0.2) is 0 Å². The second-order valence-electron chi connectivity index (χ2n) is 10.1. The van der Waals surface area contributed by atoms with Crippen LogP contribution in [0.25, 0.3) is 37.9 Å². The molecule has 0 saturated carbocycles. The van der Waals surface area contributed by atoms with Crippen molar-refractivity contribution in [3.8, 4) is 5.88 Å². The molecule has 0 fully saturated rings. The minimum absolute atomic E-state index is 0.659. The Bertz CT molecular complexity index is 1790. The van der Waals surface area contributed by atoms with Gasteiger partial charge in [-0.3, -0.25) is 4.90 Å². The van der Waals surface area contributed by atoms with Gasteiger partial charge in [0.05, 0.1) is 18.3 Å². The van der Waals surface area contributed by atoms with Gasteiger partial charge in [-0.15, -0.1) is 15.7 Å². The zero-order valence-corrected chi connectivity index (χ0v) is 23.3. The summed E-state index contributed by atoms with van der Waals surface area (Å²) in [5.74, 6) is 0.683. The van der Waals surface area contributed by atoms with Crippen LogP contribution in [0, 0.1) is 0 Å². The summed E-state index contributed by atoms with van der Waals surface area (Å²) in [6.45, 7) is 3.45. The van der Waals surface area contributed by atoms with E-state index in [1.807, 2.05) is 0 Å². The summed E-state index contributed by atoms with van der Waals surface area (Å²) < 4.78 is 15.2. The maximum Gasteiger partial charge on any atom is 0.253 e. The molecule has 0 amide bonds.